The van der Waals surface area contributed by atoms with Crippen molar-refractivity contribution in [2.24, 2.45) is 5.92 Å². The van der Waals surface area contributed by atoms with Crippen LogP contribution in [0.3, 0.4) is 0 Å². The minimum Gasteiger partial charge on any atom is -0.469 e. The summed E-state index contributed by atoms with van der Waals surface area (Å²) in [6, 6.07) is 9.59. The van der Waals surface area contributed by atoms with E-state index in [4.69, 9.17) is 4.42 Å². The van der Waals surface area contributed by atoms with Crippen molar-refractivity contribution in [3.63, 3.8) is 0 Å². The van der Waals surface area contributed by atoms with Crippen LogP contribution >= 0.6 is 0 Å². The van der Waals surface area contributed by atoms with Crippen molar-refractivity contribution in [1.82, 2.24) is 9.88 Å². The Kier molecular flexibility index (Phi) is 4.14. The number of furan rings is 1. The summed E-state index contributed by atoms with van der Waals surface area (Å²) in [4.78, 5) is 21.2. The summed E-state index contributed by atoms with van der Waals surface area (Å²) < 4.78 is 5.43. The highest BCUT2D eigenvalue weighted by Crippen LogP contribution is 2.48. The number of aromatic nitrogens is 1. The van der Waals surface area contributed by atoms with Gasteiger partial charge in [0.1, 0.15) is 17.6 Å². The second-order valence-corrected chi connectivity index (χ2v) is 6.62. The van der Waals surface area contributed by atoms with Gasteiger partial charge < -0.3 is 14.2 Å². The second-order valence-electron chi connectivity index (χ2n) is 6.62. The van der Waals surface area contributed by atoms with Crippen LogP contribution in [0.25, 0.3) is 0 Å². The van der Waals surface area contributed by atoms with E-state index in [1.54, 1.807) is 24.6 Å². The van der Waals surface area contributed by atoms with E-state index in [2.05, 4.69) is 16.0 Å². The number of nitriles is 1. The van der Waals surface area contributed by atoms with Crippen LogP contribution in [-0.4, -0.2) is 42.0 Å². The zero-order valence-corrected chi connectivity index (χ0v) is 14.0. The van der Waals surface area contributed by atoms with Gasteiger partial charge in [0.15, 0.2) is 0 Å². The monoisotopic (exact) mass is 336 g/mol. The molecule has 2 fully saturated rings. The second kappa shape index (κ2) is 6.60. The predicted octanol–water partition coefficient (Wildman–Crippen LogP) is 2.39. The molecule has 6 heteroatoms. The molecule has 0 unspecified atom stereocenters. The number of amides is 1. The Bertz CT molecular complexity index is 796. The van der Waals surface area contributed by atoms with Gasteiger partial charge in [-0.3, -0.25) is 4.79 Å². The van der Waals surface area contributed by atoms with Gasteiger partial charge >= 0.3 is 0 Å². The molecule has 128 valence electrons. The zero-order valence-electron chi connectivity index (χ0n) is 14.0. The van der Waals surface area contributed by atoms with Gasteiger partial charge in [-0.25, -0.2) is 4.98 Å². The molecule has 0 radical (unpaired) electrons. The molecule has 1 saturated carbocycles. The summed E-state index contributed by atoms with van der Waals surface area (Å²) in [5.74, 6) is 2.16. The third-order valence-corrected chi connectivity index (χ3v) is 5.03. The summed E-state index contributed by atoms with van der Waals surface area (Å²) in [6.45, 7) is 2.93. The maximum absolute atomic E-state index is 12.8. The largest absolute Gasteiger partial charge is 0.469 e. The van der Waals surface area contributed by atoms with Gasteiger partial charge in [0, 0.05) is 44.2 Å². The Morgan fingerprint density at radius 1 is 1.24 bits per heavy atom. The lowest BCUT2D eigenvalue weighted by molar-refractivity contribution is -0.132. The van der Waals surface area contributed by atoms with E-state index in [0.717, 1.165) is 37.5 Å². The predicted molar refractivity (Wildman–Crippen MR) is 91.9 cm³/mol. The summed E-state index contributed by atoms with van der Waals surface area (Å²) in [5, 5.41) is 9.27. The van der Waals surface area contributed by atoms with Crippen molar-refractivity contribution in [1.29, 1.82) is 5.26 Å². The van der Waals surface area contributed by atoms with E-state index < -0.39 is 0 Å². The molecule has 0 N–H and O–H groups in total. The standard InChI is InChI=1S/C19H20N4O2/c20-13-14-4-1-6-21-18(14)22-7-3-8-23(10-9-22)19(24)16-12-15(16)17-5-2-11-25-17/h1-2,4-6,11,15-16H,3,7-10,12H2/t15-,16-/m0/s1. The fourth-order valence-corrected chi connectivity index (χ4v) is 3.61. The molecule has 2 aromatic rings. The van der Waals surface area contributed by atoms with E-state index in [1.807, 2.05) is 17.0 Å². The smallest absolute Gasteiger partial charge is 0.226 e. The lowest BCUT2D eigenvalue weighted by atomic mass is 10.2. The van der Waals surface area contributed by atoms with Crippen LogP contribution in [-0.2, 0) is 4.79 Å². The lowest BCUT2D eigenvalue weighted by Gasteiger charge is -2.23. The summed E-state index contributed by atoms with van der Waals surface area (Å²) in [7, 11) is 0. The van der Waals surface area contributed by atoms with Crippen LogP contribution < -0.4 is 4.90 Å². The Balaban J connectivity index is 1.40. The first-order chi connectivity index (χ1) is 12.3. The van der Waals surface area contributed by atoms with Crippen molar-refractivity contribution in [3.8, 4) is 6.07 Å². The summed E-state index contributed by atoms with van der Waals surface area (Å²) in [5.41, 5.74) is 0.586. The molecule has 2 aromatic heterocycles. The molecule has 25 heavy (non-hydrogen) atoms. The van der Waals surface area contributed by atoms with Crippen molar-refractivity contribution >= 4 is 11.7 Å². The van der Waals surface area contributed by atoms with Gasteiger partial charge in [0.2, 0.25) is 5.91 Å². The van der Waals surface area contributed by atoms with Crippen LogP contribution in [0.15, 0.2) is 41.1 Å². The van der Waals surface area contributed by atoms with E-state index >= 15 is 0 Å². The molecule has 1 saturated heterocycles. The van der Waals surface area contributed by atoms with E-state index in [9.17, 15) is 10.1 Å². The Morgan fingerprint density at radius 3 is 2.96 bits per heavy atom. The fraction of sp³-hybridized carbons (Fsp3) is 0.421. The minimum atomic E-state index is 0.0576. The molecule has 1 amide bonds. The maximum Gasteiger partial charge on any atom is 0.226 e. The number of hydrogen-bond acceptors (Lipinski definition) is 5. The first-order valence-corrected chi connectivity index (χ1v) is 8.70. The minimum absolute atomic E-state index is 0.0576. The highest BCUT2D eigenvalue weighted by Gasteiger charge is 2.47. The molecule has 1 aliphatic heterocycles. The van der Waals surface area contributed by atoms with Crippen LogP contribution in [0.2, 0.25) is 0 Å². The maximum atomic E-state index is 12.8. The van der Waals surface area contributed by atoms with Crippen molar-refractivity contribution in [2.75, 3.05) is 31.1 Å². The third kappa shape index (κ3) is 3.10. The first-order valence-electron chi connectivity index (χ1n) is 8.70. The van der Waals surface area contributed by atoms with Gasteiger partial charge in [-0.05, 0) is 37.1 Å². The topological polar surface area (TPSA) is 73.4 Å². The molecule has 3 heterocycles. The summed E-state index contributed by atoms with van der Waals surface area (Å²) in [6.07, 6.45) is 5.14. The molecule has 2 aliphatic rings. The van der Waals surface area contributed by atoms with Crippen molar-refractivity contribution < 1.29 is 9.21 Å². The van der Waals surface area contributed by atoms with Crippen LogP contribution in [0.1, 0.15) is 30.1 Å². The van der Waals surface area contributed by atoms with Gasteiger partial charge in [0.25, 0.3) is 0 Å². The molecule has 4 rings (SSSR count). The first kappa shape index (κ1) is 15.7. The lowest BCUT2D eigenvalue weighted by Crippen LogP contribution is -2.36. The number of carbonyl (C=O) groups is 1. The van der Waals surface area contributed by atoms with Crippen LogP contribution in [0, 0.1) is 17.2 Å². The molecular weight excluding hydrogens is 316 g/mol. The van der Waals surface area contributed by atoms with Crippen LogP contribution in [0.4, 0.5) is 5.82 Å². The van der Waals surface area contributed by atoms with Crippen molar-refractivity contribution in [3.05, 3.63) is 48.0 Å². The number of anilines is 1. The van der Waals surface area contributed by atoms with Gasteiger partial charge in [-0.2, -0.15) is 5.26 Å². The molecule has 6 nitrogen and oxygen atoms in total. The molecule has 0 bridgehead atoms. The van der Waals surface area contributed by atoms with Crippen LogP contribution in [0.5, 0.6) is 0 Å². The highest BCUT2D eigenvalue weighted by molar-refractivity contribution is 5.83. The van der Waals surface area contributed by atoms with Crippen molar-refractivity contribution in [2.45, 2.75) is 18.8 Å². The number of pyridine rings is 1. The van der Waals surface area contributed by atoms with Gasteiger partial charge in [-0.1, -0.05) is 0 Å². The molecule has 1 aliphatic carbocycles. The Labute approximate surface area is 146 Å². The Hall–Kier alpha value is -2.81. The quantitative estimate of drug-likeness (QED) is 0.860. The SMILES string of the molecule is N#Cc1cccnc1N1CCCN(C(=O)[C@H]2C[C@@H]2c2ccco2)CC1. The van der Waals surface area contributed by atoms with E-state index in [-0.39, 0.29) is 17.7 Å². The highest BCUT2D eigenvalue weighted by atomic mass is 16.3. The van der Waals surface area contributed by atoms with E-state index in [1.165, 1.54) is 0 Å². The number of rotatable bonds is 3. The third-order valence-electron chi connectivity index (χ3n) is 5.03. The average Bonchev–Trinajstić information content (AvgIpc) is 3.34. The fourth-order valence-electron chi connectivity index (χ4n) is 3.61. The normalized spacial score (nSPS) is 23.0. The average molecular weight is 336 g/mol. The van der Waals surface area contributed by atoms with Gasteiger partial charge in [0.05, 0.1) is 11.8 Å². The molecule has 0 spiro atoms. The zero-order chi connectivity index (χ0) is 17.2. The Morgan fingerprint density at radius 2 is 2.16 bits per heavy atom. The number of nitrogens with zero attached hydrogens (tertiary/aromatic N) is 4. The number of hydrogen-bond donors (Lipinski definition) is 0. The molecule has 2 atom stereocenters. The number of carbonyl (C=O) groups excluding carboxylic acids is 1. The molecular formula is C19H20N4O2. The van der Waals surface area contributed by atoms with E-state index in [0.29, 0.717) is 18.7 Å². The van der Waals surface area contributed by atoms with Gasteiger partial charge in [-0.15, -0.1) is 0 Å². The molecule has 0 aromatic carbocycles. The summed E-state index contributed by atoms with van der Waals surface area (Å²) >= 11 is 0.